The van der Waals surface area contributed by atoms with Crippen molar-refractivity contribution in [1.29, 1.82) is 0 Å². The van der Waals surface area contributed by atoms with Crippen molar-refractivity contribution in [2.45, 2.75) is 12.8 Å². The Kier molecular flexibility index (Phi) is 4.22. The first-order valence-corrected chi connectivity index (χ1v) is 7.17. The van der Waals surface area contributed by atoms with Crippen LogP contribution in [-0.2, 0) is 39.0 Å². The van der Waals surface area contributed by atoms with Crippen LogP contribution in [0.25, 0.3) is 21.5 Å². The van der Waals surface area contributed by atoms with Crippen LogP contribution in [-0.4, -0.2) is 0 Å². The van der Waals surface area contributed by atoms with Crippen molar-refractivity contribution in [2.75, 3.05) is 0 Å². The maximum absolute atomic E-state index is 2.32. The number of hydrogen-bond acceptors (Lipinski definition) is 0. The van der Waals surface area contributed by atoms with Crippen LogP contribution >= 0.6 is 0 Å². The minimum atomic E-state index is 0. The van der Waals surface area contributed by atoms with E-state index in [9.17, 15) is 0 Å². The monoisotopic (exact) mass is 348 g/mol. The van der Waals surface area contributed by atoms with Gasteiger partial charge in [-0.15, -0.1) is 81.2 Å². The van der Waals surface area contributed by atoms with Gasteiger partial charge in [0.05, 0.1) is 0 Å². The molecular weight excluding hydrogens is 331 g/mol. The van der Waals surface area contributed by atoms with E-state index in [-0.39, 0.29) is 29.1 Å². The molecule has 0 radical (unpaired) electrons. The molecular formula is C20H18Zr. The van der Waals surface area contributed by atoms with Gasteiger partial charge in [0, 0.05) is 0 Å². The molecule has 0 saturated heterocycles. The smallest absolute Gasteiger partial charge is 1.00 e. The molecule has 21 heavy (non-hydrogen) atoms. The Morgan fingerprint density at radius 3 is 1.52 bits per heavy atom. The van der Waals surface area contributed by atoms with Crippen molar-refractivity contribution in [3.05, 3.63) is 83.9 Å². The van der Waals surface area contributed by atoms with E-state index in [1.807, 2.05) is 0 Å². The molecule has 4 rings (SSSR count). The van der Waals surface area contributed by atoms with Gasteiger partial charge in [-0.25, -0.2) is 0 Å². The summed E-state index contributed by atoms with van der Waals surface area (Å²) in [7, 11) is 0. The van der Waals surface area contributed by atoms with Crippen LogP contribution in [0.15, 0.2) is 72.8 Å². The van der Waals surface area contributed by atoms with Gasteiger partial charge >= 0.3 is 26.2 Å². The Hall–Kier alpha value is -1.46. The third-order valence-electron chi connectivity index (χ3n) is 4.06. The Balaban J connectivity index is 0.000000882. The topological polar surface area (TPSA) is 0 Å². The molecule has 0 N–H and O–H groups in total. The van der Waals surface area contributed by atoms with Gasteiger partial charge in [0.15, 0.2) is 0 Å². The molecule has 102 valence electrons. The van der Waals surface area contributed by atoms with Crippen molar-refractivity contribution in [3.63, 3.8) is 0 Å². The van der Waals surface area contributed by atoms with Gasteiger partial charge in [-0.2, -0.15) is 12.1 Å². The van der Waals surface area contributed by atoms with Crippen molar-refractivity contribution < 1.29 is 29.1 Å². The van der Waals surface area contributed by atoms with Crippen LogP contribution in [0.5, 0.6) is 0 Å². The fourth-order valence-electron chi connectivity index (χ4n) is 3.01. The fourth-order valence-corrected chi connectivity index (χ4v) is 3.01. The number of fused-ring (bicyclic) bond motifs is 2. The molecule has 0 bridgehead atoms. The number of hydrogen-bond donors (Lipinski definition) is 0. The molecule has 0 heterocycles. The summed E-state index contributed by atoms with van der Waals surface area (Å²) in [4.78, 5) is 0. The summed E-state index contributed by atoms with van der Waals surface area (Å²) in [6.07, 6.45) is 2.23. The van der Waals surface area contributed by atoms with E-state index in [4.69, 9.17) is 0 Å². The Bertz CT molecular complexity index is 733. The van der Waals surface area contributed by atoms with Gasteiger partial charge in [-0.05, 0) is 12.8 Å². The molecule has 4 aromatic carbocycles. The molecule has 0 aliphatic rings. The van der Waals surface area contributed by atoms with Crippen LogP contribution < -0.4 is 0 Å². The summed E-state index contributed by atoms with van der Waals surface area (Å²) in [5.74, 6) is 0. The summed E-state index contributed by atoms with van der Waals surface area (Å²) in [6.45, 7) is 0. The second-order valence-electron chi connectivity index (χ2n) is 5.49. The maximum atomic E-state index is 2.32. The van der Waals surface area contributed by atoms with Crippen molar-refractivity contribution in [1.82, 2.24) is 0 Å². The van der Waals surface area contributed by atoms with Gasteiger partial charge in [0.1, 0.15) is 0 Å². The Labute approximate surface area is 147 Å². The molecule has 0 nitrogen and oxygen atoms in total. The van der Waals surface area contributed by atoms with Crippen molar-refractivity contribution >= 4 is 21.5 Å². The van der Waals surface area contributed by atoms with Crippen LogP contribution in [0.4, 0.5) is 0 Å². The second-order valence-corrected chi connectivity index (χ2v) is 5.49. The average Bonchev–Trinajstić information content (AvgIpc) is 3.07. The maximum Gasteiger partial charge on any atom is 4.00 e. The molecule has 0 spiro atoms. The van der Waals surface area contributed by atoms with E-state index < -0.39 is 0 Å². The third kappa shape index (κ3) is 2.94. The van der Waals surface area contributed by atoms with Crippen LogP contribution in [0.3, 0.4) is 0 Å². The molecule has 0 saturated carbocycles. The summed E-state index contributed by atoms with van der Waals surface area (Å²) in [5, 5.41) is 5.43. The third-order valence-corrected chi connectivity index (χ3v) is 4.06. The molecule has 0 fully saturated rings. The number of aryl methyl sites for hydroxylation is 2. The minimum absolute atomic E-state index is 0. The van der Waals surface area contributed by atoms with Crippen molar-refractivity contribution in [2.24, 2.45) is 0 Å². The summed E-state index contributed by atoms with van der Waals surface area (Å²) in [6, 6.07) is 26.5. The fraction of sp³-hybridized carbons (Fsp3) is 0.100. The Morgan fingerprint density at radius 1 is 0.667 bits per heavy atom. The van der Waals surface area contributed by atoms with Crippen LogP contribution in [0.2, 0.25) is 0 Å². The van der Waals surface area contributed by atoms with Crippen LogP contribution in [0, 0.1) is 0 Å². The van der Waals surface area contributed by atoms with Gasteiger partial charge < -0.3 is 2.85 Å². The first-order chi connectivity index (χ1) is 9.88. The van der Waals surface area contributed by atoms with Gasteiger partial charge in [0.2, 0.25) is 0 Å². The Morgan fingerprint density at radius 2 is 1.10 bits per heavy atom. The zero-order valence-corrected chi connectivity index (χ0v) is 14.3. The van der Waals surface area contributed by atoms with Gasteiger partial charge in [0.25, 0.3) is 0 Å². The van der Waals surface area contributed by atoms with E-state index in [1.54, 1.807) is 0 Å². The molecule has 0 atom stereocenters. The van der Waals surface area contributed by atoms with E-state index >= 15 is 0 Å². The zero-order chi connectivity index (χ0) is 13.4. The predicted octanol–water partition coefficient (Wildman–Crippen LogP) is 5.44. The van der Waals surface area contributed by atoms with Gasteiger partial charge in [-0.3, -0.25) is 0 Å². The largest absolute Gasteiger partial charge is 4.00 e. The summed E-state index contributed by atoms with van der Waals surface area (Å²) < 4.78 is 0. The molecule has 0 aliphatic carbocycles. The van der Waals surface area contributed by atoms with Crippen molar-refractivity contribution in [3.8, 4) is 0 Å². The summed E-state index contributed by atoms with van der Waals surface area (Å²) in [5.41, 5.74) is 2.88. The van der Waals surface area contributed by atoms with E-state index in [2.05, 4.69) is 72.8 Å². The zero-order valence-electron chi connectivity index (χ0n) is 13.8. The first-order valence-electron chi connectivity index (χ1n) is 7.17. The van der Waals surface area contributed by atoms with E-state index in [0.29, 0.717) is 0 Å². The number of benzene rings is 2. The number of rotatable bonds is 3. The standard InChI is InChI=1S/C20H16.Zr.2H/c1-2-6-18-12-15(11-17(18)5-1)9-10-16-13-19-7-3-4-8-20(19)14-16;;;/h1-8,11-14H,9-10H2;;;/q-2;+4;2*-1. The predicted molar refractivity (Wildman–Crippen MR) is 88.7 cm³/mol. The average molecular weight is 350 g/mol. The van der Waals surface area contributed by atoms with E-state index in [0.717, 1.165) is 12.8 Å². The SMILES string of the molecule is [H-].[H-].[Zr+4].c1ccc2[cH-]c(CCc3cc4ccccc4[cH-]3)cc2c1. The molecule has 1 heteroatoms. The normalized spacial score (nSPS) is 10.9. The molecule has 0 amide bonds. The van der Waals surface area contributed by atoms with Gasteiger partial charge in [-0.1, -0.05) is 12.1 Å². The van der Waals surface area contributed by atoms with E-state index in [1.165, 1.54) is 32.7 Å². The second kappa shape index (κ2) is 6.12. The van der Waals surface area contributed by atoms with Crippen LogP contribution in [0.1, 0.15) is 14.0 Å². The first kappa shape index (κ1) is 14.5. The molecule has 0 aromatic heterocycles. The quantitative estimate of drug-likeness (QED) is 0.432. The minimum Gasteiger partial charge on any atom is -1.00 e. The molecule has 0 unspecified atom stereocenters. The summed E-state index contributed by atoms with van der Waals surface area (Å²) >= 11 is 0. The molecule has 4 aromatic rings. The molecule has 0 aliphatic heterocycles.